The fraction of sp³-hybridized carbons (Fsp3) is 0.455. The van der Waals surface area contributed by atoms with E-state index in [9.17, 15) is 0 Å². The molecular formula is C11H15ClN4S. The van der Waals surface area contributed by atoms with Crippen LogP contribution in [0.5, 0.6) is 0 Å². The molecule has 1 atom stereocenters. The number of hydrogen-bond donors (Lipinski definition) is 1. The van der Waals surface area contributed by atoms with E-state index in [-0.39, 0.29) is 6.04 Å². The van der Waals surface area contributed by atoms with Crippen LogP contribution in [-0.2, 0) is 6.54 Å². The minimum absolute atomic E-state index is 0.00472. The maximum Gasteiger partial charge on any atom is 0.0943 e. The van der Waals surface area contributed by atoms with Crippen molar-refractivity contribution in [2.24, 2.45) is 0 Å². The molecule has 1 N–H and O–H groups in total. The zero-order chi connectivity index (χ0) is 12.4. The van der Waals surface area contributed by atoms with Crippen molar-refractivity contribution in [1.29, 1.82) is 0 Å². The third kappa shape index (κ3) is 2.36. The van der Waals surface area contributed by atoms with E-state index in [0.29, 0.717) is 5.02 Å². The summed E-state index contributed by atoms with van der Waals surface area (Å²) in [5.41, 5.74) is 1.97. The Bertz CT molecular complexity index is 505. The van der Waals surface area contributed by atoms with Gasteiger partial charge in [-0.15, -0.1) is 11.3 Å². The van der Waals surface area contributed by atoms with E-state index in [4.69, 9.17) is 11.6 Å². The third-order valence-corrected chi connectivity index (χ3v) is 3.71. The molecule has 0 aliphatic rings. The molecule has 0 saturated carbocycles. The van der Waals surface area contributed by atoms with Gasteiger partial charge in [-0.3, -0.25) is 4.68 Å². The maximum atomic E-state index is 6.21. The second kappa shape index (κ2) is 5.16. The fourth-order valence-electron chi connectivity index (χ4n) is 1.85. The molecule has 0 fully saturated rings. The molecule has 92 valence electrons. The Morgan fingerprint density at radius 2 is 2.35 bits per heavy atom. The molecule has 0 spiro atoms. The lowest BCUT2D eigenvalue weighted by molar-refractivity contribution is 0.557. The normalized spacial score (nSPS) is 12.9. The van der Waals surface area contributed by atoms with Gasteiger partial charge in [0.2, 0.25) is 0 Å². The van der Waals surface area contributed by atoms with Crippen LogP contribution in [0.1, 0.15) is 29.4 Å². The molecule has 0 aliphatic carbocycles. The first-order valence-electron chi connectivity index (χ1n) is 5.47. The van der Waals surface area contributed by atoms with Crippen molar-refractivity contribution in [3.05, 3.63) is 33.0 Å². The summed E-state index contributed by atoms with van der Waals surface area (Å²) in [5, 5.41) is 11.3. The summed E-state index contributed by atoms with van der Waals surface area (Å²) in [6.45, 7) is 4.84. The van der Waals surface area contributed by atoms with Gasteiger partial charge in [-0.05, 0) is 20.9 Å². The molecule has 0 bridgehead atoms. The van der Waals surface area contributed by atoms with Crippen molar-refractivity contribution in [2.45, 2.75) is 26.4 Å². The van der Waals surface area contributed by atoms with E-state index < -0.39 is 0 Å². The van der Waals surface area contributed by atoms with Gasteiger partial charge in [-0.1, -0.05) is 11.6 Å². The van der Waals surface area contributed by atoms with Crippen LogP contribution in [0.4, 0.5) is 0 Å². The molecule has 0 aliphatic heterocycles. The maximum absolute atomic E-state index is 6.21. The van der Waals surface area contributed by atoms with Crippen LogP contribution in [0.2, 0.25) is 5.02 Å². The molecule has 2 aromatic rings. The molecule has 2 rings (SSSR count). The lowest BCUT2D eigenvalue weighted by Gasteiger charge is -2.16. The molecule has 17 heavy (non-hydrogen) atoms. The molecule has 2 aromatic heterocycles. The monoisotopic (exact) mass is 270 g/mol. The van der Waals surface area contributed by atoms with Crippen LogP contribution in [0.3, 0.4) is 0 Å². The van der Waals surface area contributed by atoms with Crippen LogP contribution in [0, 0.1) is 6.92 Å². The highest BCUT2D eigenvalue weighted by Crippen LogP contribution is 2.28. The number of nitrogens with zero attached hydrogens (tertiary/aromatic N) is 3. The Morgan fingerprint density at radius 1 is 1.59 bits per heavy atom. The highest BCUT2D eigenvalue weighted by molar-refractivity contribution is 7.09. The number of hydrogen-bond acceptors (Lipinski definition) is 4. The van der Waals surface area contributed by atoms with Crippen LogP contribution in [0.25, 0.3) is 0 Å². The van der Waals surface area contributed by atoms with Crippen molar-refractivity contribution >= 4 is 22.9 Å². The van der Waals surface area contributed by atoms with Crippen molar-refractivity contribution in [3.63, 3.8) is 0 Å². The van der Waals surface area contributed by atoms with Crippen molar-refractivity contribution < 1.29 is 0 Å². The summed E-state index contributed by atoms with van der Waals surface area (Å²) < 4.78 is 1.90. The summed E-state index contributed by atoms with van der Waals surface area (Å²) in [6.07, 6.45) is 1.68. The van der Waals surface area contributed by atoms with Gasteiger partial charge in [0, 0.05) is 11.9 Å². The van der Waals surface area contributed by atoms with Crippen molar-refractivity contribution in [1.82, 2.24) is 20.1 Å². The van der Waals surface area contributed by atoms with Crippen LogP contribution >= 0.6 is 22.9 Å². The summed E-state index contributed by atoms with van der Waals surface area (Å²) in [6, 6.07) is -0.00472. The number of aryl methyl sites for hydroxylation is 2. The van der Waals surface area contributed by atoms with E-state index >= 15 is 0 Å². The average Bonchev–Trinajstić information content (AvgIpc) is 2.89. The molecule has 4 nitrogen and oxygen atoms in total. The van der Waals surface area contributed by atoms with Gasteiger partial charge in [0.15, 0.2) is 0 Å². The Morgan fingerprint density at radius 3 is 2.88 bits per heavy atom. The van der Waals surface area contributed by atoms with Gasteiger partial charge in [0.1, 0.15) is 0 Å². The van der Waals surface area contributed by atoms with E-state index in [2.05, 4.69) is 20.8 Å². The number of halogens is 1. The molecule has 1 unspecified atom stereocenters. The molecule has 0 aromatic carbocycles. The Kier molecular flexibility index (Phi) is 3.81. The first-order valence-corrected chi connectivity index (χ1v) is 6.73. The molecule has 6 heteroatoms. The van der Waals surface area contributed by atoms with Gasteiger partial charge in [0.05, 0.1) is 33.7 Å². The van der Waals surface area contributed by atoms with Crippen LogP contribution in [0.15, 0.2) is 11.6 Å². The molecule has 0 saturated heterocycles. The zero-order valence-corrected chi connectivity index (χ0v) is 11.6. The lowest BCUT2D eigenvalue weighted by atomic mass is 10.1. The van der Waals surface area contributed by atoms with Crippen LogP contribution < -0.4 is 5.32 Å². The van der Waals surface area contributed by atoms with Gasteiger partial charge in [-0.2, -0.15) is 5.10 Å². The highest BCUT2D eigenvalue weighted by atomic mass is 35.5. The molecule has 2 heterocycles. The van der Waals surface area contributed by atoms with Crippen molar-refractivity contribution in [2.75, 3.05) is 7.05 Å². The van der Waals surface area contributed by atoms with Gasteiger partial charge < -0.3 is 5.32 Å². The summed E-state index contributed by atoms with van der Waals surface area (Å²) in [5.74, 6) is 0. The Balaban J connectivity index is 2.44. The number of thiazole rings is 1. The molecular weight excluding hydrogens is 256 g/mol. The SMILES string of the molecule is CCn1ncc(Cl)c1C(NC)c1csc(C)n1. The molecule has 0 amide bonds. The standard InChI is InChI=1S/C11H15ClN4S/c1-4-16-11(8(12)5-14-16)10(13-3)9-6-17-7(2)15-9/h5-6,10,13H,4H2,1-3H3. The Hall–Kier alpha value is -0.910. The number of rotatable bonds is 4. The first-order chi connectivity index (χ1) is 8.17. The predicted octanol–water partition coefficient (Wildman–Crippen LogP) is 2.63. The van der Waals surface area contributed by atoms with Gasteiger partial charge in [0.25, 0.3) is 0 Å². The minimum atomic E-state index is -0.00472. The summed E-state index contributed by atoms with van der Waals surface area (Å²) >= 11 is 7.85. The van der Waals surface area contributed by atoms with Crippen LogP contribution in [-0.4, -0.2) is 21.8 Å². The van der Waals surface area contributed by atoms with E-state index in [0.717, 1.165) is 22.9 Å². The first kappa shape index (κ1) is 12.5. The summed E-state index contributed by atoms with van der Waals surface area (Å²) in [4.78, 5) is 4.51. The van der Waals surface area contributed by atoms with Gasteiger partial charge >= 0.3 is 0 Å². The van der Waals surface area contributed by atoms with E-state index in [1.807, 2.05) is 25.6 Å². The average molecular weight is 271 g/mol. The topological polar surface area (TPSA) is 42.7 Å². The lowest BCUT2D eigenvalue weighted by Crippen LogP contribution is -2.22. The van der Waals surface area contributed by atoms with E-state index in [1.165, 1.54) is 0 Å². The van der Waals surface area contributed by atoms with E-state index in [1.54, 1.807) is 17.5 Å². The smallest absolute Gasteiger partial charge is 0.0943 e. The number of aromatic nitrogens is 3. The number of nitrogens with one attached hydrogen (secondary N) is 1. The molecule has 0 radical (unpaired) electrons. The fourth-order valence-corrected chi connectivity index (χ4v) is 2.74. The zero-order valence-electron chi connectivity index (χ0n) is 10.1. The quantitative estimate of drug-likeness (QED) is 0.929. The van der Waals surface area contributed by atoms with Gasteiger partial charge in [-0.25, -0.2) is 4.98 Å². The Labute approximate surface area is 110 Å². The third-order valence-electron chi connectivity index (χ3n) is 2.63. The minimum Gasteiger partial charge on any atom is -0.307 e. The second-order valence-corrected chi connectivity index (χ2v) is 5.18. The second-order valence-electron chi connectivity index (χ2n) is 3.71. The largest absolute Gasteiger partial charge is 0.307 e. The predicted molar refractivity (Wildman–Crippen MR) is 70.7 cm³/mol. The summed E-state index contributed by atoms with van der Waals surface area (Å²) in [7, 11) is 1.91. The highest BCUT2D eigenvalue weighted by Gasteiger charge is 2.22. The van der Waals surface area contributed by atoms with Crippen molar-refractivity contribution in [3.8, 4) is 0 Å².